The molecule has 0 spiro atoms. The zero-order chi connectivity index (χ0) is 18.5. The van der Waals surface area contributed by atoms with Crippen molar-refractivity contribution in [1.82, 2.24) is 4.90 Å². The highest BCUT2D eigenvalue weighted by Crippen LogP contribution is 2.33. The normalized spacial score (nSPS) is 15.6. The second kappa shape index (κ2) is 8.10. The van der Waals surface area contributed by atoms with Crippen molar-refractivity contribution in [2.75, 3.05) is 20.3 Å². The number of amides is 2. The Labute approximate surface area is 156 Å². The van der Waals surface area contributed by atoms with Gasteiger partial charge in [-0.25, -0.2) is 0 Å². The lowest BCUT2D eigenvalue weighted by Crippen LogP contribution is -2.32. The Morgan fingerprint density at radius 3 is 2.54 bits per heavy atom. The fourth-order valence-corrected chi connectivity index (χ4v) is 3.36. The van der Waals surface area contributed by atoms with Crippen molar-refractivity contribution < 1.29 is 19.1 Å². The summed E-state index contributed by atoms with van der Waals surface area (Å²) in [6.07, 6.45) is 1.69. The second-order valence-electron chi connectivity index (χ2n) is 5.74. The van der Waals surface area contributed by atoms with Crippen LogP contribution in [0.15, 0.2) is 53.4 Å². The molecule has 0 unspecified atom stereocenters. The minimum Gasteiger partial charge on any atom is -0.496 e. The number of hydrogen-bond donors (Lipinski definition) is 0. The Kier molecular flexibility index (Phi) is 5.63. The molecule has 1 saturated heterocycles. The number of nitrogens with zero attached hydrogens (tertiary/aromatic N) is 1. The number of imide groups is 1. The average Bonchev–Trinajstić information content (AvgIpc) is 2.91. The summed E-state index contributed by atoms with van der Waals surface area (Å²) in [6.45, 7) is 2.46. The first kappa shape index (κ1) is 18.1. The number of hydrogen-bond acceptors (Lipinski definition) is 5. The highest BCUT2D eigenvalue weighted by Gasteiger charge is 2.34. The first-order chi connectivity index (χ1) is 12.6. The van der Waals surface area contributed by atoms with Crippen molar-refractivity contribution in [3.05, 3.63) is 64.6 Å². The van der Waals surface area contributed by atoms with Crippen LogP contribution >= 0.6 is 11.8 Å². The van der Waals surface area contributed by atoms with E-state index in [0.29, 0.717) is 16.4 Å². The smallest absolute Gasteiger partial charge is 0.293 e. The minimum absolute atomic E-state index is 0.210. The zero-order valence-electron chi connectivity index (χ0n) is 14.6. The van der Waals surface area contributed by atoms with Crippen LogP contribution in [0.5, 0.6) is 11.5 Å². The van der Waals surface area contributed by atoms with Crippen molar-refractivity contribution >= 4 is 29.0 Å². The maximum Gasteiger partial charge on any atom is 0.293 e. The molecule has 3 rings (SSSR count). The zero-order valence-corrected chi connectivity index (χ0v) is 15.4. The third-order valence-corrected chi connectivity index (χ3v) is 4.81. The lowest BCUT2D eigenvalue weighted by molar-refractivity contribution is -0.123. The summed E-state index contributed by atoms with van der Waals surface area (Å²) in [4.78, 5) is 26.3. The van der Waals surface area contributed by atoms with Gasteiger partial charge in [0.05, 0.1) is 18.6 Å². The molecule has 6 heteroatoms. The molecule has 0 bridgehead atoms. The number of thioether (sulfide) groups is 1. The molecule has 0 aromatic heterocycles. The lowest BCUT2D eigenvalue weighted by Gasteiger charge is -2.13. The van der Waals surface area contributed by atoms with E-state index in [2.05, 4.69) is 0 Å². The highest BCUT2D eigenvalue weighted by atomic mass is 32.2. The van der Waals surface area contributed by atoms with Crippen LogP contribution in [-0.4, -0.2) is 36.3 Å². The van der Waals surface area contributed by atoms with Gasteiger partial charge in [0.25, 0.3) is 11.1 Å². The summed E-state index contributed by atoms with van der Waals surface area (Å²) < 4.78 is 10.9. The van der Waals surface area contributed by atoms with Gasteiger partial charge in [0.2, 0.25) is 0 Å². The topological polar surface area (TPSA) is 55.8 Å². The molecule has 2 amide bonds. The fraction of sp³-hybridized carbons (Fsp3) is 0.200. The van der Waals surface area contributed by atoms with Gasteiger partial charge in [-0.2, -0.15) is 0 Å². The molecule has 0 atom stereocenters. The molecule has 2 aromatic carbocycles. The quantitative estimate of drug-likeness (QED) is 0.717. The summed E-state index contributed by atoms with van der Waals surface area (Å²) in [7, 11) is 1.57. The molecule has 1 fully saturated rings. The van der Waals surface area contributed by atoms with Crippen LogP contribution in [0.4, 0.5) is 4.79 Å². The van der Waals surface area contributed by atoms with Gasteiger partial charge in [0, 0.05) is 5.56 Å². The third-order valence-electron chi connectivity index (χ3n) is 3.90. The van der Waals surface area contributed by atoms with Crippen LogP contribution in [0.2, 0.25) is 0 Å². The van der Waals surface area contributed by atoms with Gasteiger partial charge in [-0.05, 0) is 43.0 Å². The highest BCUT2D eigenvalue weighted by molar-refractivity contribution is 8.18. The standard InChI is InChI=1S/C20H19NO4S/c1-14-7-9-16(10-8-14)25-12-11-21-19(22)18(26-20(21)23)13-15-5-3-4-6-17(15)24-2/h3-10,13H,11-12H2,1-2H3/b18-13-. The van der Waals surface area contributed by atoms with Gasteiger partial charge >= 0.3 is 0 Å². The average molecular weight is 369 g/mol. The van der Waals surface area contributed by atoms with Gasteiger partial charge in [-0.15, -0.1) is 0 Å². The molecule has 26 heavy (non-hydrogen) atoms. The number of para-hydroxylation sites is 1. The molecular formula is C20H19NO4S. The number of aryl methyl sites for hydroxylation is 1. The van der Waals surface area contributed by atoms with Crippen LogP contribution in [0.1, 0.15) is 11.1 Å². The number of benzene rings is 2. The molecule has 0 N–H and O–H groups in total. The van der Waals surface area contributed by atoms with Crippen LogP contribution < -0.4 is 9.47 Å². The molecule has 2 aromatic rings. The molecule has 5 nitrogen and oxygen atoms in total. The maximum atomic E-state index is 12.5. The summed E-state index contributed by atoms with van der Waals surface area (Å²) in [5.41, 5.74) is 1.90. The molecule has 1 aliphatic rings. The maximum absolute atomic E-state index is 12.5. The Hall–Kier alpha value is -2.73. The first-order valence-corrected chi connectivity index (χ1v) is 8.98. The summed E-state index contributed by atoms with van der Waals surface area (Å²) in [6, 6.07) is 15.0. The molecular weight excluding hydrogens is 350 g/mol. The number of rotatable bonds is 6. The van der Waals surface area contributed by atoms with Crippen molar-refractivity contribution in [2.24, 2.45) is 0 Å². The van der Waals surface area contributed by atoms with Gasteiger partial charge in [0.15, 0.2) is 0 Å². The van der Waals surface area contributed by atoms with Crippen LogP contribution in [-0.2, 0) is 4.79 Å². The summed E-state index contributed by atoms with van der Waals surface area (Å²) >= 11 is 0.931. The summed E-state index contributed by atoms with van der Waals surface area (Å²) in [5, 5.41) is -0.288. The van der Waals surface area contributed by atoms with Crippen molar-refractivity contribution in [1.29, 1.82) is 0 Å². The molecule has 134 valence electrons. The molecule has 1 aliphatic heterocycles. The summed E-state index contributed by atoms with van der Waals surface area (Å²) in [5.74, 6) is 1.06. The van der Waals surface area contributed by atoms with Crippen LogP contribution in [0.3, 0.4) is 0 Å². The van der Waals surface area contributed by atoms with Crippen molar-refractivity contribution in [3.63, 3.8) is 0 Å². The van der Waals surface area contributed by atoms with Gasteiger partial charge < -0.3 is 9.47 Å². The van der Waals surface area contributed by atoms with Gasteiger partial charge in [-0.3, -0.25) is 14.5 Å². The van der Waals surface area contributed by atoms with Crippen molar-refractivity contribution in [3.8, 4) is 11.5 Å². The first-order valence-electron chi connectivity index (χ1n) is 8.16. The predicted molar refractivity (Wildman–Crippen MR) is 102 cm³/mol. The largest absolute Gasteiger partial charge is 0.496 e. The Morgan fingerprint density at radius 1 is 1.08 bits per heavy atom. The van der Waals surface area contributed by atoms with E-state index >= 15 is 0 Å². The second-order valence-corrected chi connectivity index (χ2v) is 6.73. The van der Waals surface area contributed by atoms with E-state index in [1.807, 2.05) is 55.5 Å². The van der Waals surface area contributed by atoms with Crippen LogP contribution in [0.25, 0.3) is 6.08 Å². The fourth-order valence-electron chi connectivity index (χ4n) is 2.51. The molecule has 0 saturated carbocycles. The minimum atomic E-state index is -0.307. The van der Waals surface area contributed by atoms with E-state index in [-0.39, 0.29) is 24.3 Å². The van der Waals surface area contributed by atoms with E-state index in [1.165, 1.54) is 4.90 Å². The Morgan fingerprint density at radius 2 is 1.81 bits per heavy atom. The van der Waals surface area contributed by atoms with Crippen LogP contribution in [0, 0.1) is 6.92 Å². The number of carbonyl (C=O) groups excluding carboxylic acids is 2. The lowest BCUT2D eigenvalue weighted by atomic mass is 10.2. The van der Waals surface area contributed by atoms with Gasteiger partial charge in [0.1, 0.15) is 18.1 Å². The number of carbonyl (C=O) groups is 2. The monoisotopic (exact) mass is 369 g/mol. The Balaban J connectivity index is 1.65. The number of methoxy groups -OCH3 is 1. The number of ether oxygens (including phenoxy) is 2. The molecule has 1 heterocycles. The van der Waals surface area contributed by atoms with E-state index in [9.17, 15) is 9.59 Å². The van der Waals surface area contributed by atoms with E-state index in [0.717, 1.165) is 22.9 Å². The van der Waals surface area contributed by atoms with Gasteiger partial charge in [-0.1, -0.05) is 35.9 Å². The Bertz CT molecular complexity index is 845. The van der Waals surface area contributed by atoms with E-state index < -0.39 is 0 Å². The van der Waals surface area contributed by atoms with E-state index in [1.54, 1.807) is 13.2 Å². The van der Waals surface area contributed by atoms with Crippen molar-refractivity contribution in [2.45, 2.75) is 6.92 Å². The third kappa shape index (κ3) is 4.08. The van der Waals surface area contributed by atoms with E-state index in [4.69, 9.17) is 9.47 Å². The molecule has 0 aliphatic carbocycles. The molecule has 0 radical (unpaired) electrons. The predicted octanol–water partition coefficient (Wildman–Crippen LogP) is 4.12. The SMILES string of the molecule is COc1ccccc1/C=C1\SC(=O)N(CCOc2ccc(C)cc2)C1=O.